The number of aromatic nitrogens is 3. The molecule has 4 heteroatoms. The molecule has 3 aromatic carbocycles. The molecule has 0 atom stereocenters. The second-order valence-electron chi connectivity index (χ2n) is 7.54. The van der Waals surface area contributed by atoms with Gasteiger partial charge in [-0.3, -0.25) is 9.67 Å². The third-order valence-electron chi connectivity index (χ3n) is 5.52. The van der Waals surface area contributed by atoms with Crippen molar-refractivity contribution in [2.24, 2.45) is 0 Å². The topological polar surface area (TPSA) is 50.9 Å². The number of rotatable bonds is 6. The predicted octanol–water partition coefficient (Wildman–Crippen LogP) is 5.81. The molecule has 0 aliphatic rings. The Kier molecular flexibility index (Phi) is 5.29. The Morgan fingerprint density at radius 1 is 0.742 bits per heavy atom. The zero-order valence-electron chi connectivity index (χ0n) is 17.1. The molecular formula is C27H23N3O. The van der Waals surface area contributed by atoms with Gasteiger partial charge in [0.05, 0.1) is 5.52 Å². The highest BCUT2D eigenvalue weighted by molar-refractivity contribution is 6.08. The first-order valence-electron chi connectivity index (χ1n) is 10.5. The maximum atomic E-state index is 9.27. The van der Waals surface area contributed by atoms with Gasteiger partial charge in [-0.2, -0.15) is 5.10 Å². The summed E-state index contributed by atoms with van der Waals surface area (Å²) in [6.07, 6.45) is 6.46. The quantitative estimate of drug-likeness (QED) is 0.388. The van der Waals surface area contributed by atoms with Gasteiger partial charge in [0.1, 0.15) is 0 Å². The highest BCUT2D eigenvalue weighted by Crippen LogP contribution is 2.44. The van der Waals surface area contributed by atoms with Crippen LogP contribution in [0.4, 0.5) is 0 Å². The Morgan fingerprint density at radius 2 is 1.39 bits per heavy atom. The van der Waals surface area contributed by atoms with Gasteiger partial charge in [0.25, 0.3) is 0 Å². The molecule has 0 saturated carbocycles. The molecule has 0 aliphatic heterocycles. The van der Waals surface area contributed by atoms with Gasteiger partial charge in [-0.1, -0.05) is 60.7 Å². The summed E-state index contributed by atoms with van der Waals surface area (Å²) in [5, 5.41) is 15.2. The van der Waals surface area contributed by atoms with Gasteiger partial charge in [0.15, 0.2) is 0 Å². The highest BCUT2D eigenvalue weighted by atomic mass is 16.3. The smallest absolute Gasteiger partial charge is 0.0936 e. The van der Waals surface area contributed by atoms with Crippen LogP contribution in [0.2, 0.25) is 0 Å². The summed E-state index contributed by atoms with van der Waals surface area (Å²) in [5.74, 6) is 0. The van der Waals surface area contributed by atoms with Crippen LogP contribution >= 0.6 is 0 Å². The van der Waals surface area contributed by atoms with E-state index in [1.807, 2.05) is 29.2 Å². The standard InChI is InChI=1S/C27H23N3O/c31-17-7-16-30-19-24-25(29-30)18-23(20-8-3-1-4-9-20)26(22-12-14-28-15-13-22)27(24)21-10-5-2-6-11-21/h1-6,8-15,18-19,31H,7,16-17H2. The second-order valence-corrected chi connectivity index (χ2v) is 7.54. The summed E-state index contributed by atoms with van der Waals surface area (Å²) in [4.78, 5) is 4.24. The van der Waals surface area contributed by atoms with Crippen molar-refractivity contribution in [1.29, 1.82) is 0 Å². The number of hydrogen-bond acceptors (Lipinski definition) is 3. The van der Waals surface area contributed by atoms with Crippen LogP contribution in [0.25, 0.3) is 44.3 Å². The average molecular weight is 406 g/mol. The largest absolute Gasteiger partial charge is 0.396 e. The van der Waals surface area contributed by atoms with E-state index < -0.39 is 0 Å². The molecule has 0 bridgehead atoms. The summed E-state index contributed by atoms with van der Waals surface area (Å²) in [5.41, 5.74) is 7.86. The van der Waals surface area contributed by atoms with E-state index in [1.165, 1.54) is 11.1 Å². The van der Waals surface area contributed by atoms with E-state index in [2.05, 4.69) is 77.9 Å². The summed E-state index contributed by atoms with van der Waals surface area (Å²) < 4.78 is 1.94. The number of nitrogens with zero attached hydrogens (tertiary/aromatic N) is 3. The number of pyridine rings is 1. The zero-order chi connectivity index (χ0) is 21.0. The molecule has 0 fully saturated rings. The number of benzene rings is 3. The lowest BCUT2D eigenvalue weighted by atomic mass is 9.86. The van der Waals surface area contributed by atoms with Gasteiger partial charge in [-0.15, -0.1) is 0 Å². The summed E-state index contributed by atoms with van der Waals surface area (Å²) in [6, 6.07) is 27.3. The van der Waals surface area contributed by atoms with Gasteiger partial charge in [0, 0.05) is 42.7 Å². The van der Waals surface area contributed by atoms with E-state index in [9.17, 15) is 5.11 Å². The van der Waals surface area contributed by atoms with Crippen LogP contribution in [0.3, 0.4) is 0 Å². The molecule has 0 aliphatic carbocycles. The van der Waals surface area contributed by atoms with Crippen molar-refractivity contribution in [3.63, 3.8) is 0 Å². The summed E-state index contributed by atoms with van der Waals surface area (Å²) in [7, 11) is 0. The Hall–Kier alpha value is -3.76. The number of aliphatic hydroxyl groups is 1. The second kappa shape index (κ2) is 8.54. The molecule has 0 unspecified atom stereocenters. The summed E-state index contributed by atoms with van der Waals surface area (Å²) in [6.45, 7) is 0.837. The average Bonchev–Trinajstić information content (AvgIpc) is 3.26. The van der Waals surface area contributed by atoms with Crippen molar-refractivity contribution in [2.45, 2.75) is 13.0 Å². The molecule has 5 rings (SSSR count). The highest BCUT2D eigenvalue weighted by Gasteiger charge is 2.20. The predicted molar refractivity (Wildman–Crippen MR) is 126 cm³/mol. The molecule has 31 heavy (non-hydrogen) atoms. The minimum absolute atomic E-state index is 0.152. The van der Waals surface area contributed by atoms with Gasteiger partial charge in [0.2, 0.25) is 0 Å². The van der Waals surface area contributed by atoms with Crippen molar-refractivity contribution in [1.82, 2.24) is 14.8 Å². The Balaban J connectivity index is 1.89. The lowest BCUT2D eigenvalue weighted by molar-refractivity contribution is 0.277. The summed E-state index contributed by atoms with van der Waals surface area (Å²) >= 11 is 0. The van der Waals surface area contributed by atoms with E-state index in [-0.39, 0.29) is 6.61 Å². The van der Waals surface area contributed by atoms with Gasteiger partial charge in [-0.05, 0) is 52.4 Å². The number of aliphatic hydroxyl groups excluding tert-OH is 1. The molecule has 152 valence electrons. The van der Waals surface area contributed by atoms with Crippen LogP contribution in [0.5, 0.6) is 0 Å². The maximum absolute atomic E-state index is 9.27. The van der Waals surface area contributed by atoms with Crippen LogP contribution < -0.4 is 0 Å². The molecule has 0 amide bonds. The Bertz CT molecular complexity index is 1300. The Morgan fingerprint density at radius 3 is 2.06 bits per heavy atom. The van der Waals surface area contributed by atoms with E-state index >= 15 is 0 Å². The fourth-order valence-electron chi connectivity index (χ4n) is 4.13. The molecule has 1 N–H and O–H groups in total. The van der Waals surface area contributed by atoms with Crippen molar-refractivity contribution in [3.05, 3.63) is 97.5 Å². The number of fused-ring (bicyclic) bond motifs is 1. The SMILES string of the molecule is OCCCn1cc2c(-c3ccccc3)c(-c3ccncc3)c(-c3ccccc3)cc2n1. The molecule has 0 saturated heterocycles. The van der Waals surface area contributed by atoms with Crippen LogP contribution in [-0.2, 0) is 6.54 Å². The van der Waals surface area contributed by atoms with E-state index in [4.69, 9.17) is 5.10 Å². The minimum Gasteiger partial charge on any atom is -0.396 e. The fraction of sp³-hybridized carbons (Fsp3) is 0.111. The normalized spacial score (nSPS) is 11.1. The molecule has 0 spiro atoms. The van der Waals surface area contributed by atoms with Crippen LogP contribution in [0, 0.1) is 0 Å². The van der Waals surface area contributed by atoms with Crippen LogP contribution in [-0.4, -0.2) is 26.5 Å². The molecule has 2 heterocycles. The monoisotopic (exact) mass is 405 g/mol. The van der Waals surface area contributed by atoms with E-state index in [0.717, 1.165) is 33.2 Å². The van der Waals surface area contributed by atoms with E-state index in [1.54, 1.807) is 0 Å². The lowest BCUT2D eigenvalue weighted by Gasteiger charge is -2.17. The number of hydrogen-bond donors (Lipinski definition) is 1. The number of aryl methyl sites for hydroxylation is 1. The van der Waals surface area contributed by atoms with Crippen molar-refractivity contribution >= 4 is 10.9 Å². The van der Waals surface area contributed by atoms with Gasteiger partial charge >= 0.3 is 0 Å². The molecular weight excluding hydrogens is 382 g/mol. The zero-order valence-corrected chi connectivity index (χ0v) is 17.1. The third-order valence-corrected chi connectivity index (χ3v) is 5.52. The molecule has 2 aromatic heterocycles. The maximum Gasteiger partial charge on any atom is 0.0936 e. The van der Waals surface area contributed by atoms with E-state index in [0.29, 0.717) is 13.0 Å². The van der Waals surface area contributed by atoms with Gasteiger partial charge < -0.3 is 5.11 Å². The van der Waals surface area contributed by atoms with Crippen molar-refractivity contribution < 1.29 is 5.11 Å². The van der Waals surface area contributed by atoms with Crippen molar-refractivity contribution in [3.8, 4) is 33.4 Å². The fourth-order valence-corrected chi connectivity index (χ4v) is 4.13. The lowest BCUT2D eigenvalue weighted by Crippen LogP contribution is -1.99. The Labute approximate surface area is 181 Å². The van der Waals surface area contributed by atoms with Gasteiger partial charge in [-0.25, -0.2) is 0 Å². The molecule has 0 radical (unpaired) electrons. The molecule has 4 nitrogen and oxygen atoms in total. The first-order chi connectivity index (χ1) is 15.3. The van der Waals surface area contributed by atoms with Crippen molar-refractivity contribution in [2.75, 3.05) is 6.61 Å². The van der Waals surface area contributed by atoms with Crippen LogP contribution in [0.15, 0.2) is 97.5 Å². The third kappa shape index (κ3) is 3.74. The first-order valence-corrected chi connectivity index (χ1v) is 10.5. The minimum atomic E-state index is 0.152. The first kappa shape index (κ1) is 19.2. The van der Waals surface area contributed by atoms with Crippen LogP contribution in [0.1, 0.15) is 6.42 Å². The molecule has 5 aromatic rings.